The number of esters is 1. The molecule has 0 radical (unpaired) electrons. The highest BCUT2D eigenvalue weighted by Gasteiger charge is 2.55. The minimum absolute atomic E-state index is 0.175. The Hall–Kier alpha value is -1.59. The van der Waals surface area contributed by atoms with E-state index in [9.17, 15) is 14.4 Å². The summed E-state index contributed by atoms with van der Waals surface area (Å²) in [4.78, 5) is 39.1. The van der Waals surface area contributed by atoms with Crippen molar-refractivity contribution in [1.29, 1.82) is 0 Å². The van der Waals surface area contributed by atoms with Gasteiger partial charge in [-0.3, -0.25) is 14.5 Å². The van der Waals surface area contributed by atoms with Crippen molar-refractivity contribution in [2.24, 2.45) is 5.92 Å². The van der Waals surface area contributed by atoms with E-state index in [0.29, 0.717) is 25.8 Å². The van der Waals surface area contributed by atoms with E-state index in [1.807, 2.05) is 0 Å². The number of hydrogen-bond donors (Lipinski definition) is 0. The molecule has 0 bridgehead atoms. The number of nitrogens with zero attached hydrogens (tertiary/aromatic N) is 1. The van der Waals surface area contributed by atoms with Crippen molar-refractivity contribution in [3.8, 4) is 0 Å². The minimum Gasteiger partial charge on any atom is -0.465 e. The number of rotatable bonds is 2. The Labute approximate surface area is 137 Å². The highest BCUT2D eigenvalue weighted by molar-refractivity contribution is 6.06. The standard InChI is InChI=1S/C17H27NO5/c1-5-22-14(20)12-8-6-9-17(13(12)19)10-7-11-18(17)15(21)23-16(2,3)4/h12H,5-11H2,1-4H3. The number of amides is 1. The van der Waals surface area contributed by atoms with E-state index in [-0.39, 0.29) is 12.4 Å². The Morgan fingerprint density at radius 2 is 1.91 bits per heavy atom. The SMILES string of the molecule is CCOC(=O)C1CCCC2(CCCN2C(=O)OC(C)(C)C)C1=O. The van der Waals surface area contributed by atoms with E-state index in [0.717, 1.165) is 12.8 Å². The van der Waals surface area contributed by atoms with E-state index in [1.54, 1.807) is 32.6 Å². The molecule has 2 rings (SSSR count). The molecule has 1 amide bonds. The smallest absolute Gasteiger partial charge is 0.411 e. The molecule has 130 valence electrons. The van der Waals surface area contributed by atoms with Crippen LogP contribution in [-0.4, -0.2) is 47.0 Å². The summed E-state index contributed by atoms with van der Waals surface area (Å²) in [6.07, 6.45) is 2.71. The van der Waals surface area contributed by atoms with Crippen LogP contribution >= 0.6 is 0 Å². The molecule has 1 spiro atoms. The van der Waals surface area contributed by atoms with Crippen LogP contribution in [0.2, 0.25) is 0 Å². The van der Waals surface area contributed by atoms with Crippen molar-refractivity contribution in [2.75, 3.05) is 13.2 Å². The molecule has 1 aliphatic heterocycles. The second-order valence-corrected chi connectivity index (χ2v) is 7.33. The third-order valence-electron chi connectivity index (χ3n) is 4.53. The molecule has 0 aromatic carbocycles. The predicted octanol–water partition coefficient (Wildman–Crippen LogP) is 2.69. The number of Topliss-reactive ketones (excluding diaryl/α,β-unsaturated/α-hetero) is 1. The zero-order valence-electron chi connectivity index (χ0n) is 14.5. The van der Waals surface area contributed by atoms with Crippen LogP contribution in [0, 0.1) is 5.92 Å². The van der Waals surface area contributed by atoms with Gasteiger partial charge in [0.05, 0.1) is 6.61 Å². The fourth-order valence-corrected chi connectivity index (χ4v) is 3.62. The van der Waals surface area contributed by atoms with Gasteiger partial charge in [0.1, 0.15) is 17.1 Å². The van der Waals surface area contributed by atoms with Crippen LogP contribution in [0.4, 0.5) is 4.79 Å². The van der Waals surface area contributed by atoms with Crippen molar-refractivity contribution in [2.45, 2.75) is 70.9 Å². The van der Waals surface area contributed by atoms with Crippen molar-refractivity contribution in [3.63, 3.8) is 0 Å². The number of ketones is 1. The van der Waals surface area contributed by atoms with E-state index >= 15 is 0 Å². The topological polar surface area (TPSA) is 72.9 Å². The summed E-state index contributed by atoms with van der Waals surface area (Å²) in [5, 5.41) is 0. The lowest BCUT2D eigenvalue weighted by Crippen LogP contribution is -2.58. The Kier molecular flexibility index (Phi) is 5.01. The van der Waals surface area contributed by atoms with Gasteiger partial charge in [0, 0.05) is 6.54 Å². The summed E-state index contributed by atoms with van der Waals surface area (Å²) in [5.41, 5.74) is -1.50. The van der Waals surface area contributed by atoms with Gasteiger partial charge in [-0.25, -0.2) is 4.79 Å². The molecule has 0 aromatic heterocycles. The molecule has 1 heterocycles. The fraction of sp³-hybridized carbons (Fsp3) is 0.824. The molecule has 6 heteroatoms. The van der Waals surface area contributed by atoms with E-state index in [2.05, 4.69) is 0 Å². The lowest BCUT2D eigenvalue weighted by atomic mass is 9.73. The number of likely N-dealkylation sites (tertiary alicyclic amines) is 1. The largest absolute Gasteiger partial charge is 0.465 e. The molecule has 2 aliphatic rings. The molecular formula is C17H27NO5. The highest BCUT2D eigenvalue weighted by Crippen LogP contribution is 2.42. The molecular weight excluding hydrogens is 298 g/mol. The van der Waals surface area contributed by atoms with E-state index in [1.165, 1.54) is 0 Å². The third-order valence-corrected chi connectivity index (χ3v) is 4.53. The summed E-state index contributed by atoms with van der Waals surface area (Å²) in [7, 11) is 0. The third kappa shape index (κ3) is 3.51. The minimum atomic E-state index is -0.891. The average Bonchev–Trinajstić information content (AvgIpc) is 2.85. The molecule has 23 heavy (non-hydrogen) atoms. The number of ether oxygens (including phenoxy) is 2. The van der Waals surface area contributed by atoms with Gasteiger partial charge in [0.15, 0.2) is 5.78 Å². The molecule has 2 atom stereocenters. The molecule has 1 saturated carbocycles. The van der Waals surface area contributed by atoms with Crippen molar-refractivity contribution < 1.29 is 23.9 Å². The van der Waals surface area contributed by atoms with Gasteiger partial charge < -0.3 is 9.47 Å². The molecule has 1 saturated heterocycles. The Morgan fingerprint density at radius 3 is 2.52 bits per heavy atom. The maximum atomic E-state index is 13.0. The van der Waals surface area contributed by atoms with Crippen LogP contribution in [-0.2, 0) is 19.1 Å². The highest BCUT2D eigenvalue weighted by atomic mass is 16.6. The summed E-state index contributed by atoms with van der Waals surface area (Å²) >= 11 is 0. The van der Waals surface area contributed by atoms with Crippen LogP contribution in [0.3, 0.4) is 0 Å². The number of hydrogen-bond acceptors (Lipinski definition) is 5. The summed E-state index contributed by atoms with van der Waals surface area (Å²) in [6.45, 7) is 7.89. The van der Waals surface area contributed by atoms with Gasteiger partial charge in [-0.1, -0.05) is 0 Å². The first-order valence-corrected chi connectivity index (χ1v) is 8.43. The first kappa shape index (κ1) is 17.8. The zero-order valence-corrected chi connectivity index (χ0v) is 14.5. The first-order valence-electron chi connectivity index (χ1n) is 8.43. The molecule has 0 aromatic rings. The Morgan fingerprint density at radius 1 is 1.26 bits per heavy atom. The Balaban J connectivity index is 2.22. The van der Waals surface area contributed by atoms with Gasteiger partial charge in [-0.2, -0.15) is 0 Å². The van der Waals surface area contributed by atoms with Crippen molar-refractivity contribution in [3.05, 3.63) is 0 Å². The number of carbonyl (C=O) groups is 3. The van der Waals surface area contributed by atoms with E-state index < -0.39 is 29.1 Å². The second kappa shape index (κ2) is 6.49. The van der Waals surface area contributed by atoms with E-state index in [4.69, 9.17) is 9.47 Å². The van der Waals surface area contributed by atoms with Crippen molar-refractivity contribution in [1.82, 2.24) is 4.90 Å². The average molecular weight is 325 g/mol. The molecule has 6 nitrogen and oxygen atoms in total. The van der Waals surface area contributed by atoms with Gasteiger partial charge in [-0.15, -0.1) is 0 Å². The van der Waals surface area contributed by atoms with Gasteiger partial charge in [-0.05, 0) is 59.8 Å². The maximum Gasteiger partial charge on any atom is 0.411 e. The maximum absolute atomic E-state index is 13.0. The van der Waals surface area contributed by atoms with Crippen LogP contribution in [0.5, 0.6) is 0 Å². The van der Waals surface area contributed by atoms with Gasteiger partial charge >= 0.3 is 12.1 Å². The molecule has 2 unspecified atom stereocenters. The zero-order chi connectivity index (χ0) is 17.3. The quantitative estimate of drug-likeness (QED) is 0.576. The molecule has 1 aliphatic carbocycles. The lowest BCUT2D eigenvalue weighted by molar-refractivity contribution is -0.157. The normalized spacial score (nSPS) is 28.1. The van der Waals surface area contributed by atoms with Crippen LogP contribution < -0.4 is 0 Å². The summed E-state index contributed by atoms with van der Waals surface area (Å²) < 4.78 is 10.5. The van der Waals surface area contributed by atoms with Gasteiger partial charge in [0.25, 0.3) is 0 Å². The van der Waals surface area contributed by atoms with Crippen LogP contribution in [0.15, 0.2) is 0 Å². The Bertz CT molecular complexity index is 496. The molecule has 0 N–H and O–H groups in total. The summed E-state index contributed by atoms with van der Waals surface area (Å²) in [6, 6.07) is 0. The number of carbonyl (C=O) groups excluding carboxylic acids is 3. The summed E-state index contributed by atoms with van der Waals surface area (Å²) in [5.74, 6) is -1.40. The van der Waals surface area contributed by atoms with Crippen molar-refractivity contribution >= 4 is 17.8 Å². The van der Waals surface area contributed by atoms with Gasteiger partial charge in [0.2, 0.25) is 0 Å². The lowest BCUT2D eigenvalue weighted by Gasteiger charge is -2.42. The predicted molar refractivity (Wildman–Crippen MR) is 83.9 cm³/mol. The first-order chi connectivity index (χ1) is 10.7. The van der Waals surface area contributed by atoms with Crippen LogP contribution in [0.25, 0.3) is 0 Å². The molecule has 2 fully saturated rings. The van der Waals surface area contributed by atoms with Crippen LogP contribution in [0.1, 0.15) is 59.8 Å². The fourth-order valence-electron chi connectivity index (χ4n) is 3.62. The second-order valence-electron chi connectivity index (χ2n) is 7.33. The monoisotopic (exact) mass is 325 g/mol.